The van der Waals surface area contributed by atoms with E-state index in [9.17, 15) is 53.5 Å². The van der Waals surface area contributed by atoms with Gasteiger partial charge >= 0.3 is 18.3 Å². The first kappa shape index (κ1) is 32.4. The number of ketones is 1. The van der Waals surface area contributed by atoms with E-state index in [0.29, 0.717) is 10.7 Å². The van der Waals surface area contributed by atoms with Crippen LogP contribution in [0.1, 0.15) is 52.9 Å². The Morgan fingerprint density at radius 3 is 2.33 bits per heavy atom. The van der Waals surface area contributed by atoms with Crippen molar-refractivity contribution < 1.29 is 53.5 Å². The second-order valence-electron chi connectivity index (χ2n) is 10.5. The molecule has 45 heavy (non-hydrogen) atoms. The molecule has 18 heteroatoms. The van der Waals surface area contributed by atoms with Gasteiger partial charge in [-0.05, 0) is 58.5 Å². The van der Waals surface area contributed by atoms with Crippen molar-refractivity contribution in [1.29, 1.82) is 0 Å². The molecule has 2 aliphatic rings. The van der Waals surface area contributed by atoms with Crippen molar-refractivity contribution in [2.75, 3.05) is 5.32 Å². The highest BCUT2D eigenvalue weighted by Crippen LogP contribution is 2.68. The normalized spacial score (nSPS) is 19.0. The van der Waals surface area contributed by atoms with E-state index in [-0.39, 0.29) is 22.2 Å². The Bertz CT molecular complexity index is 1740. The molecule has 1 N–H and O–H groups in total. The lowest BCUT2D eigenvalue weighted by molar-refractivity contribution is -0.167. The zero-order valence-electron chi connectivity index (χ0n) is 22.1. The second kappa shape index (κ2) is 11.1. The lowest BCUT2D eigenvalue weighted by atomic mass is 9.90. The number of nitrogens with one attached hydrogen (secondary N) is 1. The van der Waals surface area contributed by atoms with Crippen LogP contribution in [0.2, 0.25) is 0 Å². The molecule has 1 fully saturated rings. The molecule has 238 valence electrons. The smallest absolute Gasteiger partial charge is 0.359 e. The monoisotopic (exact) mass is 711 g/mol. The van der Waals surface area contributed by atoms with Gasteiger partial charge in [0.25, 0.3) is 11.7 Å². The summed E-state index contributed by atoms with van der Waals surface area (Å²) in [6.07, 6.45) is -11.7. The van der Waals surface area contributed by atoms with Gasteiger partial charge in [0.2, 0.25) is 0 Å². The summed E-state index contributed by atoms with van der Waals surface area (Å²) in [5.74, 6) is -13.5. The number of alkyl halides is 8. The highest BCUT2D eigenvalue weighted by molar-refractivity contribution is 9.10. The molecule has 1 amide bonds. The molecule has 2 aliphatic carbocycles. The highest BCUT2D eigenvalue weighted by atomic mass is 79.9. The number of Topliss-reactive ketones (excluding diaryl/α,β-unsaturated/α-hetero) is 1. The Kier molecular flexibility index (Phi) is 7.99. The van der Waals surface area contributed by atoms with Gasteiger partial charge in [0.1, 0.15) is 29.6 Å². The third kappa shape index (κ3) is 6.26. The number of hydrogen-bond donors (Lipinski definition) is 1. The third-order valence-corrected chi connectivity index (χ3v) is 8.02. The van der Waals surface area contributed by atoms with Crippen molar-refractivity contribution in [3.05, 3.63) is 80.0 Å². The van der Waals surface area contributed by atoms with Crippen molar-refractivity contribution in [3.8, 4) is 0 Å². The zero-order valence-corrected chi connectivity index (χ0v) is 23.7. The van der Waals surface area contributed by atoms with Crippen LogP contribution in [0.4, 0.5) is 55.4 Å². The molecule has 0 saturated heterocycles. The number of anilines is 1. The first-order chi connectivity index (χ1) is 20.8. The van der Waals surface area contributed by atoms with Crippen LogP contribution in [-0.4, -0.2) is 32.6 Å². The van der Waals surface area contributed by atoms with Gasteiger partial charge in [0, 0.05) is 29.9 Å². The number of benzene rings is 1. The summed E-state index contributed by atoms with van der Waals surface area (Å²) in [4.78, 5) is 31.6. The van der Waals surface area contributed by atoms with Gasteiger partial charge in [-0.2, -0.15) is 40.2 Å². The van der Waals surface area contributed by atoms with E-state index in [0.717, 1.165) is 18.2 Å². The first-order valence-corrected chi connectivity index (χ1v) is 13.6. The molecule has 3 atom stereocenters. The minimum absolute atomic E-state index is 0.0521. The van der Waals surface area contributed by atoms with E-state index >= 15 is 0 Å². The van der Waals surface area contributed by atoms with Crippen molar-refractivity contribution >= 4 is 39.1 Å². The average Bonchev–Trinajstić information content (AvgIpc) is 3.55. The average molecular weight is 712 g/mol. The van der Waals surface area contributed by atoms with Crippen LogP contribution in [0.15, 0.2) is 28.7 Å². The molecule has 1 saturated carbocycles. The van der Waals surface area contributed by atoms with Crippen LogP contribution in [0.3, 0.4) is 0 Å². The zero-order chi connectivity index (χ0) is 33.2. The fourth-order valence-electron chi connectivity index (χ4n) is 5.53. The summed E-state index contributed by atoms with van der Waals surface area (Å²) in [6.45, 7) is 6.27. The lowest BCUT2D eigenvalue weighted by Gasteiger charge is -2.18. The number of fused-ring (bicyclic) bond motifs is 3. The predicted molar refractivity (Wildman–Crippen MR) is 137 cm³/mol. The molecule has 5 rings (SSSR count). The molecule has 3 aromatic rings. The van der Waals surface area contributed by atoms with Crippen molar-refractivity contribution in [2.24, 2.45) is 5.92 Å². The fraction of sp³-hybridized carbons (Fsp3) is 0.370. The molecule has 2 heterocycles. The molecule has 0 bridgehead atoms. The Morgan fingerprint density at radius 1 is 1.11 bits per heavy atom. The minimum atomic E-state index is -5.32. The van der Waals surface area contributed by atoms with Gasteiger partial charge < -0.3 is 10.2 Å². The largest absolute Gasteiger partial charge is 0.471 e. The first-order valence-electron chi connectivity index (χ1n) is 12.8. The number of hydrogen-bond acceptors (Lipinski definition) is 4. The lowest BCUT2D eigenvalue weighted by Crippen LogP contribution is -2.30. The molecular formula is C27H16BrF10N5O2. The number of aromatic nitrogens is 3. The van der Waals surface area contributed by atoms with E-state index in [1.807, 2.05) is 0 Å². The molecular weight excluding hydrogens is 696 g/mol. The van der Waals surface area contributed by atoms with Crippen LogP contribution >= 0.6 is 15.9 Å². The molecule has 0 radical (unpaired) electrons. The second-order valence-corrected chi connectivity index (χ2v) is 11.4. The van der Waals surface area contributed by atoms with Crippen LogP contribution in [0.5, 0.6) is 0 Å². The quantitative estimate of drug-likeness (QED) is 0.193. The minimum Gasteiger partial charge on any atom is -0.359 e. The maximum absolute atomic E-state index is 15.0. The topological polar surface area (TPSA) is 81.2 Å². The number of carbonyl (C=O) groups excluding carboxylic acids is 2. The number of amides is 1. The SMILES string of the molecule is [C-]#[N+]c1nc([C@@H](CC(=O)Cn2nc(C(F)(F)F)c3c2C(F)(F)[C@@H]2C[C@H]32)Cc2cc(F)cc(F)c2)c(Br)cc1NC(=O)C(F)(F)F. The molecule has 2 aromatic heterocycles. The van der Waals surface area contributed by atoms with E-state index in [4.69, 9.17) is 6.57 Å². The van der Waals surface area contributed by atoms with Gasteiger partial charge in [-0.15, -0.1) is 4.98 Å². The van der Waals surface area contributed by atoms with Crippen LogP contribution in [0, 0.1) is 24.1 Å². The van der Waals surface area contributed by atoms with Gasteiger partial charge in [0.05, 0.1) is 10.2 Å². The summed E-state index contributed by atoms with van der Waals surface area (Å²) in [6, 6.07) is 3.22. The van der Waals surface area contributed by atoms with E-state index in [1.54, 1.807) is 0 Å². The Hall–Kier alpha value is -4.01. The van der Waals surface area contributed by atoms with E-state index in [1.165, 1.54) is 5.32 Å². The Labute approximate surface area is 254 Å². The van der Waals surface area contributed by atoms with E-state index in [2.05, 4.69) is 30.9 Å². The number of rotatable bonds is 8. The summed E-state index contributed by atoms with van der Waals surface area (Å²) in [5, 5.41) is 4.79. The molecule has 0 spiro atoms. The summed E-state index contributed by atoms with van der Waals surface area (Å²) >= 11 is 3.04. The van der Waals surface area contributed by atoms with Gasteiger partial charge in [0.15, 0.2) is 11.5 Å². The maximum atomic E-state index is 15.0. The van der Waals surface area contributed by atoms with E-state index < -0.39 is 107 Å². The molecule has 0 unspecified atom stereocenters. The summed E-state index contributed by atoms with van der Waals surface area (Å²) in [7, 11) is 0. The number of pyridine rings is 1. The predicted octanol–water partition coefficient (Wildman–Crippen LogP) is 7.58. The van der Waals surface area contributed by atoms with Crippen LogP contribution in [0.25, 0.3) is 4.85 Å². The van der Waals surface area contributed by atoms with Gasteiger partial charge in [-0.25, -0.2) is 8.78 Å². The van der Waals surface area contributed by atoms with Crippen LogP contribution < -0.4 is 5.32 Å². The van der Waals surface area contributed by atoms with Crippen molar-refractivity contribution in [1.82, 2.24) is 14.8 Å². The highest BCUT2D eigenvalue weighted by Gasteiger charge is 2.68. The van der Waals surface area contributed by atoms with Crippen molar-refractivity contribution in [3.63, 3.8) is 0 Å². The standard InChI is InChI=1S/C27H16BrF10N5O2/c1-39-23-18(40-24(45)27(36,37)38)8-17(28)20(41-23)11(2-10-3-12(29)6-13(30)4-10)5-14(44)9-43-22-19(21(42-43)26(33,34)35)15-7-16(15)25(22,31)32/h3-4,6,8,11,15-16H,2,5,7,9H2,(H,40,45)/t11-,15+,16-/m1/s1. The number of nitrogens with zero attached hydrogens (tertiary/aromatic N) is 4. The summed E-state index contributed by atoms with van der Waals surface area (Å²) in [5.41, 5.74) is -4.14. The molecule has 1 aromatic carbocycles. The number of carbonyl (C=O) groups is 2. The Morgan fingerprint density at radius 2 is 1.76 bits per heavy atom. The Balaban J connectivity index is 1.50. The third-order valence-electron chi connectivity index (χ3n) is 7.39. The molecule has 7 nitrogen and oxygen atoms in total. The maximum Gasteiger partial charge on any atom is 0.471 e. The number of halogens is 11. The van der Waals surface area contributed by atoms with Crippen LogP contribution in [-0.2, 0) is 34.7 Å². The summed E-state index contributed by atoms with van der Waals surface area (Å²) < 4.78 is 137. The van der Waals surface area contributed by atoms with Gasteiger partial charge in [-0.1, -0.05) is 6.57 Å². The molecule has 0 aliphatic heterocycles. The van der Waals surface area contributed by atoms with Crippen molar-refractivity contribution in [2.45, 2.75) is 55.9 Å². The van der Waals surface area contributed by atoms with Gasteiger partial charge in [-0.3, -0.25) is 14.3 Å². The fourth-order valence-corrected chi connectivity index (χ4v) is 6.17.